The summed E-state index contributed by atoms with van der Waals surface area (Å²) in [4.78, 5) is 0. The summed E-state index contributed by atoms with van der Waals surface area (Å²) >= 11 is 5.87. The first-order chi connectivity index (χ1) is 8.78. The fraction of sp³-hybridized carbons (Fsp3) is 0. The Morgan fingerprint density at radius 3 is 2.61 bits per heavy atom. The van der Waals surface area contributed by atoms with Crippen molar-refractivity contribution >= 4 is 22.5 Å². The number of nitriles is 1. The molecule has 1 aromatic heterocycles. The molecule has 3 nitrogen and oxygen atoms in total. The van der Waals surface area contributed by atoms with Crippen LogP contribution < -0.4 is 0 Å². The van der Waals surface area contributed by atoms with Crippen LogP contribution in [0.4, 0.5) is 0 Å². The van der Waals surface area contributed by atoms with Crippen molar-refractivity contribution in [3.63, 3.8) is 0 Å². The lowest BCUT2D eigenvalue weighted by atomic mass is 10.2. The lowest BCUT2D eigenvalue weighted by Gasteiger charge is -2.03. The minimum atomic E-state index is 0.637. The van der Waals surface area contributed by atoms with E-state index in [1.807, 2.05) is 41.1 Å². The summed E-state index contributed by atoms with van der Waals surface area (Å²) in [7, 11) is 0. The number of benzene rings is 2. The molecular weight excluding hydrogens is 246 g/mol. The van der Waals surface area contributed by atoms with Crippen LogP contribution in [0, 0.1) is 11.3 Å². The molecule has 86 valence electrons. The van der Waals surface area contributed by atoms with Gasteiger partial charge in [-0.1, -0.05) is 11.6 Å². The zero-order valence-corrected chi connectivity index (χ0v) is 10.1. The van der Waals surface area contributed by atoms with Gasteiger partial charge in [-0.15, -0.1) is 0 Å². The van der Waals surface area contributed by atoms with E-state index in [2.05, 4.69) is 11.2 Å². The first-order valence-corrected chi connectivity index (χ1v) is 5.79. The van der Waals surface area contributed by atoms with Gasteiger partial charge in [0.25, 0.3) is 0 Å². The highest BCUT2D eigenvalue weighted by molar-refractivity contribution is 6.30. The minimum absolute atomic E-state index is 0.637. The second-order valence-electron chi connectivity index (χ2n) is 3.92. The van der Waals surface area contributed by atoms with Gasteiger partial charge in [0.05, 0.1) is 29.0 Å². The van der Waals surface area contributed by atoms with Crippen LogP contribution in [-0.4, -0.2) is 9.78 Å². The Bertz CT molecular complexity index is 751. The van der Waals surface area contributed by atoms with Gasteiger partial charge in [-0.2, -0.15) is 10.4 Å². The summed E-state index contributed by atoms with van der Waals surface area (Å²) in [6.45, 7) is 0. The average molecular weight is 254 g/mol. The largest absolute Gasteiger partial charge is 0.233 e. The molecule has 18 heavy (non-hydrogen) atoms. The molecule has 0 spiro atoms. The lowest BCUT2D eigenvalue weighted by molar-refractivity contribution is 0.911. The number of fused-ring (bicyclic) bond motifs is 1. The summed E-state index contributed by atoms with van der Waals surface area (Å²) < 4.78 is 1.83. The monoisotopic (exact) mass is 253 g/mol. The molecule has 0 saturated heterocycles. The van der Waals surface area contributed by atoms with E-state index in [1.165, 1.54) is 0 Å². The SMILES string of the molecule is N#Cc1ccc2c(cnn2-c2ccc(Cl)cc2)c1. The van der Waals surface area contributed by atoms with Crippen LogP contribution in [-0.2, 0) is 0 Å². The van der Waals surface area contributed by atoms with Crippen LogP contribution >= 0.6 is 11.6 Å². The minimum Gasteiger partial charge on any atom is -0.233 e. The van der Waals surface area contributed by atoms with Gasteiger partial charge in [-0.05, 0) is 42.5 Å². The van der Waals surface area contributed by atoms with Gasteiger partial charge < -0.3 is 0 Å². The van der Waals surface area contributed by atoms with Crippen molar-refractivity contribution in [3.8, 4) is 11.8 Å². The number of rotatable bonds is 1. The highest BCUT2D eigenvalue weighted by Crippen LogP contribution is 2.20. The smallest absolute Gasteiger partial charge is 0.0991 e. The van der Waals surface area contributed by atoms with Gasteiger partial charge in [0.1, 0.15) is 0 Å². The van der Waals surface area contributed by atoms with E-state index in [1.54, 1.807) is 12.3 Å². The number of aromatic nitrogens is 2. The van der Waals surface area contributed by atoms with Gasteiger partial charge in [-0.25, -0.2) is 4.68 Å². The van der Waals surface area contributed by atoms with E-state index in [0.717, 1.165) is 16.6 Å². The third-order valence-corrected chi connectivity index (χ3v) is 3.02. The van der Waals surface area contributed by atoms with Crippen molar-refractivity contribution in [1.82, 2.24) is 9.78 Å². The van der Waals surface area contributed by atoms with E-state index < -0.39 is 0 Å². The quantitative estimate of drug-likeness (QED) is 0.665. The molecule has 0 aliphatic rings. The molecule has 0 N–H and O–H groups in total. The summed E-state index contributed by atoms with van der Waals surface area (Å²) in [6.07, 6.45) is 1.75. The molecule has 4 heteroatoms. The molecule has 0 fully saturated rings. The topological polar surface area (TPSA) is 41.6 Å². The molecule has 1 heterocycles. The third kappa shape index (κ3) is 1.73. The van der Waals surface area contributed by atoms with Gasteiger partial charge in [0, 0.05) is 10.4 Å². The standard InChI is InChI=1S/C14H8ClN3/c15-12-2-4-13(5-3-12)18-14-6-1-10(8-16)7-11(14)9-17-18/h1-7,9H. The van der Waals surface area contributed by atoms with Gasteiger partial charge in [0.15, 0.2) is 0 Å². The van der Waals surface area contributed by atoms with Crippen LogP contribution in [0.3, 0.4) is 0 Å². The second kappa shape index (κ2) is 4.17. The van der Waals surface area contributed by atoms with Crippen LogP contribution in [0.15, 0.2) is 48.7 Å². The summed E-state index contributed by atoms with van der Waals surface area (Å²) in [6, 6.07) is 15.1. The average Bonchev–Trinajstić information content (AvgIpc) is 2.82. The molecule has 0 aliphatic heterocycles. The number of halogens is 1. The molecule has 0 saturated carbocycles. The molecule has 0 radical (unpaired) electrons. The van der Waals surface area contributed by atoms with Crippen LogP contribution in [0.25, 0.3) is 16.6 Å². The maximum absolute atomic E-state index is 8.86. The number of hydrogen-bond acceptors (Lipinski definition) is 2. The fourth-order valence-electron chi connectivity index (χ4n) is 1.89. The fourth-order valence-corrected chi connectivity index (χ4v) is 2.02. The van der Waals surface area contributed by atoms with Crippen molar-refractivity contribution in [2.24, 2.45) is 0 Å². The van der Waals surface area contributed by atoms with Gasteiger partial charge >= 0.3 is 0 Å². The first-order valence-electron chi connectivity index (χ1n) is 5.42. The van der Waals surface area contributed by atoms with E-state index in [4.69, 9.17) is 16.9 Å². The highest BCUT2D eigenvalue weighted by Gasteiger charge is 2.05. The predicted octanol–water partition coefficient (Wildman–Crippen LogP) is 3.55. The Labute approximate surface area is 109 Å². The Balaban J connectivity index is 2.19. The molecule has 0 bridgehead atoms. The molecule has 0 aliphatic carbocycles. The molecular formula is C14H8ClN3. The molecule has 0 unspecified atom stereocenters. The summed E-state index contributed by atoms with van der Waals surface area (Å²) in [5.74, 6) is 0. The van der Waals surface area contributed by atoms with E-state index in [0.29, 0.717) is 10.6 Å². The maximum atomic E-state index is 8.86. The highest BCUT2D eigenvalue weighted by atomic mass is 35.5. The molecule has 2 aromatic carbocycles. The molecule has 3 rings (SSSR count). The van der Waals surface area contributed by atoms with Crippen molar-refractivity contribution in [3.05, 3.63) is 59.2 Å². The molecule has 3 aromatic rings. The van der Waals surface area contributed by atoms with E-state index >= 15 is 0 Å². The lowest BCUT2D eigenvalue weighted by Crippen LogP contribution is -1.95. The van der Waals surface area contributed by atoms with Gasteiger partial charge in [-0.3, -0.25) is 0 Å². The van der Waals surface area contributed by atoms with Crippen molar-refractivity contribution in [2.75, 3.05) is 0 Å². The summed E-state index contributed by atoms with van der Waals surface area (Å²) in [5, 5.41) is 14.8. The van der Waals surface area contributed by atoms with Gasteiger partial charge in [0.2, 0.25) is 0 Å². The predicted molar refractivity (Wildman–Crippen MR) is 70.8 cm³/mol. The summed E-state index contributed by atoms with van der Waals surface area (Å²) in [5.41, 5.74) is 2.55. The van der Waals surface area contributed by atoms with E-state index in [9.17, 15) is 0 Å². The normalized spacial score (nSPS) is 10.4. The Kier molecular flexibility index (Phi) is 2.51. The Morgan fingerprint density at radius 2 is 1.89 bits per heavy atom. The molecule has 0 atom stereocenters. The third-order valence-electron chi connectivity index (χ3n) is 2.77. The zero-order chi connectivity index (χ0) is 12.5. The second-order valence-corrected chi connectivity index (χ2v) is 4.35. The first kappa shape index (κ1) is 10.8. The van der Waals surface area contributed by atoms with Crippen molar-refractivity contribution in [1.29, 1.82) is 5.26 Å². The number of nitrogens with zero attached hydrogens (tertiary/aromatic N) is 3. The number of hydrogen-bond donors (Lipinski definition) is 0. The van der Waals surface area contributed by atoms with Crippen LogP contribution in [0.2, 0.25) is 5.02 Å². The molecule has 0 amide bonds. The van der Waals surface area contributed by atoms with E-state index in [-0.39, 0.29) is 0 Å². The maximum Gasteiger partial charge on any atom is 0.0991 e. The Morgan fingerprint density at radius 1 is 1.11 bits per heavy atom. The van der Waals surface area contributed by atoms with Crippen LogP contribution in [0.1, 0.15) is 5.56 Å². The van der Waals surface area contributed by atoms with Crippen molar-refractivity contribution in [2.45, 2.75) is 0 Å². The Hall–Kier alpha value is -2.31. The van der Waals surface area contributed by atoms with Crippen LogP contribution in [0.5, 0.6) is 0 Å². The zero-order valence-electron chi connectivity index (χ0n) is 9.34. The van der Waals surface area contributed by atoms with Crippen molar-refractivity contribution < 1.29 is 0 Å².